The molecule has 3 heterocycles. The van der Waals surface area contributed by atoms with Gasteiger partial charge in [0.05, 0.1) is 25.6 Å². The average Bonchev–Trinajstić information content (AvgIpc) is 3.39. The summed E-state index contributed by atoms with van der Waals surface area (Å²) in [4.78, 5) is 16.8. The lowest BCUT2D eigenvalue weighted by atomic mass is 9.98. The van der Waals surface area contributed by atoms with E-state index < -0.39 is 0 Å². The van der Waals surface area contributed by atoms with Gasteiger partial charge >= 0.3 is 0 Å². The van der Waals surface area contributed by atoms with E-state index in [1.807, 2.05) is 17.4 Å². The summed E-state index contributed by atoms with van der Waals surface area (Å²) in [6, 6.07) is 12.1. The van der Waals surface area contributed by atoms with Crippen LogP contribution in [0.3, 0.4) is 0 Å². The lowest BCUT2D eigenvalue weighted by Crippen LogP contribution is -3.14. The molecule has 4 rings (SSSR count). The average molecular weight is 416 g/mol. The highest BCUT2D eigenvalue weighted by atomic mass is 32.1. The molecule has 146 valence electrons. The third-order valence-corrected chi connectivity index (χ3v) is 6.99. The highest BCUT2D eigenvalue weighted by Crippen LogP contribution is 2.32. The first kappa shape index (κ1) is 19.0. The van der Waals surface area contributed by atoms with Gasteiger partial charge in [0, 0.05) is 28.6 Å². The zero-order valence-electron chi connectivity index (χ0n) is 15.9. The van der Waals surface area contributed by atoms with Crippen LogP contribution in [-0.2, 0) is 11.2 Å². The molecule has 2 aromatic heterocycles. The molecule has 5 nitrogen and oxygen atoms in total. The molecule has 0 aliphatic carbocycles. The second-order valence-corrected chi connectivity index (χ2v) is 8.68. The van der Waals surface area contributed by atoms with Gasteiger partial charge in [0.2, 0.25) is 0 Å². The first-order valence-electron chi connectivity index (χ1n) is 9.15. The van der Waals surface area contributed by atoms with E-state index in [4.69, 9.17) is 9.47 Å². The third-order valence-electron chi connectivity index (χ3n) is 5.05. The van der Waals surface area contributed by atoms with Gasteiger partial charge in [-0.15, -0.1) is 22.7 Å². The first-order chi connectivity index (χ1) is 13.7. The minimum absolute atomic E-state index is 0.00227. The van der Waals surface area contributed by atoms with E-state index in [2.05, 4.69) is 34.3 Å². The van der Waals surface area contributed by atoms with Crippen molar-refractivity contribution in [2.24, 2.45) is 0 Å². The summed E-state index contributed by atoms with van der Waals surface area (Å²) in [6.45, 7) is 1.38. The van der Waals surface area contributed by atoms with Crippen LogP contribution in [0, 0.1) is 0 Å². The monoisotopic (exact) mass is 415 g/mol. The number of quaternary nitrogens is 1. The highest BCUT2D eigenvalue weighted by Gasteiger charge is 2.35. The fourth-order valence-electron chi connectivity index (χ4n) is 3.78. The number of fused-ring (bicyclic) bond motifs is 1. The summed E-state index contributed by atoms with van der Waals surface area (Å²) >= 11 is 3.58. The van der Waals surface area contributed by atoms with Gasteiger partial charge in [-0.25, -0.2) is 0 Å². The van der Waals surface area contributed by atoms with Crippen LogP contribution < -0.4 is 19.7 Å². The molecule has 1 aliphatic rings. The van der Waals surface area contributed by atoms with Crippen molar-refractivity contribution in [1.82, 2.24) is 0 Å². The molecule has 0 radical (unpaired) electrons. The lowest BCUT2D eigenvalue weighted by Gasteiger charge is -2.31. The van der Waals surface area contributed by atoms with Crippen LogP contribution in [0.4, 0.5) is 5.69 Å². The van der Waals surface area contributed by atoms with E-state index in [1.54, 1.807) is 37.7 Å². The van der Waals surface area contributed by atoms with Gasteiger partial charge in [-0.1, -0.05) is 6.07 Å². The number of thiophene rings is 2. The van der Waals surface area contributed by atoms with Crippen LogP contribution in [0.5, 0.6) is 11.5 Å². The van der Waals surface area contributed by atoms with Crippen molar-refractivity contribution in [2.45, 2.75) is 12.5 Å². The number of carbonyl (C=O) groups is 1. The van der Waals surface area contributed by atoms with Crippen molar-refractivity contribution in [2.75, 3.05) is 32.6 Å². The van der Waals surface area contributed by atoms with Crippen molar-refractivity contribution < 1.29 is 19.2 Å². The van der Waals surface area contributed by atoms with E-state index in [0.717, 1.165) is 13.0 Å². The Labute approximate surface area is 172 Å². The van der Waals surface area contributed by atoms with Gasteiger partial charge in [-0.05, 0) is 35.0 Å². The van der Waals surface area contributed by atoms with E-state index in [9.17, 15) is 4.79 Å². The van der Waals surface area contributed by atoms with Crippen molar-refractivity contribution in [1.29, 1.82) is 0 Å². The lowest BCUT2D eigenvalue weighted by molar-refractivity contribution is -0.919. The largest absolute Gasteiger partial charge is 0.493 e. The maximum absolute atomic E-state index is 12.8. The number of hydrogen-bond acceptors (Lipinski definition) is 5. The normalized spacial score (nSPS) is 18.4. The van der Waals surface area contributed by atoms with Gasteiger partial charge in [-0.2, -0.15) is 0 Å². The van der Waals surface area contributed by atoms with Gasteiger partial charge < -0.3 is 19.7 Å². The Morgan fingerprint density at radius 1 is 1.14 bits per heavy atom. The number of nitrogens with one attached hydrogen (secondary N) is 2. The van der Waals surface area contributed by atoms with Crippen LogP contribution in [0.25, 0.3) is 0 Å². The summed E-state index contributed by atoms with van der Waals surface area (Å²) in [5, 5.41) is 7.28. The molecule has 1 amide bonds. The maximum Gasteiger partial charge on any atom is 0.279 e. The molecule has 2 atom stereocenters. The van der Waals surface area contributed by atoms with Crippen LogP contribution in [0.1, 0.15) is 21.4 Å². The zero-order chi connectivity index (χ0) is 19.5. The second kappa shape index (κ2) is 8.34. The molecule has 0 saturated heterocycles. The van der Waals surface area contributed by atoms with Crippen LogP contribution >= 0.6 is 22.7 Å². The van der Waals surface area contributed by atoms with Gasteiger partial charge in [0.15, 0.2) is 18.0 Å². The molecule has 28 heavy (non-hydrogen) atoms. The maximum atomic E-state index is 12.8. The molecule has 0 bridgehead atoms. The number of rotatable bonds is 6. The first-order valence-corrected chi connectivity index (χ1v) is 10.9. The fourth-order valence-corrected chi connectivity index (χ4v) is 5.60. The zero-order valence-corrected chi connectivity index (χ0v) is 17.5. The molecule has 3 aromatic rings. The molecule has 1 unspecified atom stereocenters. The van der Waals surface area contributed by atoms with Crippen LogP contribution in [-0.4, -0.2) is 33.2 Å². The van der Waals surface area contributed by atoms with Gasteiger partial charge in [0.1, 0.15) is 6.04 Å². The molecule has 7 heteroatoms. The molecule has 1 aliphatic heterocycles. The number of benzene rings is 1. The number of anilines is 1. The van der Waals surface area contributed by atoms with Crippen LogP contribution in [0.2, 0.25) is 0 Å². The summed E-state index contributed by atoms with van der Waals surface area (Å²) in [5.74, 6) is 1.25. The standard InChI is InChI=1S/C21H22N2O3S2/c1-25-16-6-5-14(12-17(16)26-2)22-20(24)13-23-9-7-18-15(8-11-28-18)21(23)19-4-3-10-27-19/h3-6,8,10-12,21H,7,9,13H2,1-2H3,(H,22,24)/p+1/t21-/m0/s1. The SMILES string of the molecule is COc1ccc(NC(=O)C[NH+]2CCc3sccc3[C@H]2c2cccs2)cc1OC. The Bertz CT molecular complexity index is 952. The molecular formula is C21H23N2O3S2+. The predicted molar refractivity (Wildman–Crippen MR) is 113 cm³/mol. The predicted octanol–water partition coefficient (Wildman–Crippen LogP) is 3.00. The number of hydrogen-bond donors (Lipinski definition) is 2. The number of ether oxygens (including phenoxy) is 2. The van der Waals surface area contributed by atoms with Crippen molar-refractivity contribution in [3.05, 3.63) is 62.5 Å². The molecule has 1 aromatic carbocycles. The smallest absolute Gasteiger partial charge is 0.279 e. The second-order valence-electron chi connectivity index (χ2n) is 6.70. The van der Waals surface area contributed by atoms with Crippen molar-refractivity contribution >= 4 is 34.3 Å². The van der Waals surface area contributed by atoms with E-state index in [0.29, 0.717) is 23.7 Å². The minimum Gasteiger partial charge on any atom is -0.493 e. The molecule has 0 spiro atoms. The van der Waals surface area contributed by atoms with Crippen LogP contribution in [0.15, 0.2) is 47.2 Å². The summed E-state index contributed by atoms with van der Waals surface area (Å²) in [7, 11) is 3.19. The van der Waals surface area contributed by atoms with Crippen molar-refractivity contribution in [3.63, 3.8) is 0 Å². The Kier molecular flexibility index (Phi) is 5.66. The Morgan fingerprint density at radius 3 is 2.75 bits per heavy atom. The summed E-state index contributed by atoms with van der Waals surface area (Å²) in [5.41, 5.74) is 2.08. The summed E-state index contributed by atoms with van der Waals surface area (Å²) in [6.07, 6.45) is 1.02. The third kappa shape index (κ3) is 3.78. The molecule has 0 saturated carbocycles. The van der Waals surface area contributed by atoms with Crippen molar-refractivity contribution in [3.8, 4) is 11.5 Å². The van der Waals surface area contributed by atoms with E-state index in [1.165, 1.54) is 20.2 Å². The number of carbonyl (C=O) groups excluding carboxylic acids is 1. The van der Waals surface area contributed by atoms with Gasteiger partial charge in [-0.3, -0.25) is 4.79 Å². The molecule has 2 N–H and O–H groups in total. The fraction of sp³-hybridized carbons (Fsp3) is 0.286. The van der Waals surface area contributed by atoms with E-state index in [-0.39, 0.29) is 11.9 Å². The molecular weight excluding hydrogens is 392 g/mol. The van der Waals surface area contributed by atoms with E-state index >= 15 is 0 Å². The number of methoxy groups -OCH3 is 2. The van der Waals surface area contributed by atoms with Gasteiger partial charge in [0.25, 0.3) is 5.91 Å². The Balaban J connectivity index is 1.51. The number of amides is 1. The topological polar surface area (TPSA) is 52.0 Å². The highest BCUT2D eigenvalue weighted by molar-refractivity contribution is 7.10. The molecule has 0 fully saturated rings. The Morgan fingerprint density at radius 2 is 2.00 bits per heavy atom. The minimum atomic E-state index is 0.00227. The quantitative estimate of drug-likeness (QED) is 0.651. The summed E-state index contributed by atoms with van der Waals surface area (Å²) < 4.78 is 10.6. The Hall–Kier alpha value is -2.35.